The van der Waals surface area contributed by atoms with E-state index in [-0.39, 0.29) is 35.8 Å². The van der Waals surface area contributed by atoms with Crippen LogP contribution >= 0.6 is 0 Å². The van der Waals surface area contributed by atoms with Crippen molar-refractivity contribution < 1.29 is 23.2 Å². The molecule has 0 radical (unpaired) electrons. The largest absolute Gasteiger partial charge is 0.340 e. The van der Waals surface area contributed by atoms with E-state index in [0.29, 0.717) is 12.5 Å². The smallest absolute Gasteiger partial charge is 0.277 e. The van der Waals surface area contributed by atoms with E-state index in [1.807, 2.05) is 24.3 Å². The van der Waals surface area contributed by atoms with Gasteiger partial charge in [-0.2, -0.15) is 0 Å². The second-order valence-corrected chi connectivity index (χ2v) is 9.20. The van der Waals surface area contributed by atoms with Crippen LogP contribution in [0.1, 0.15) is 16.8 Å². The molecule has 1 aromatic heterocycles. The molecule has 3 N–H and O–H groups in total. The van der Waals surface area contributed by atoms with E-state index >= 15 is 0 Å². The van der Waals surface area contributed by atoms with E-state index in [0.717, 1.165) is 10.8 Å². The van der Waals surface area contributed by atoms with Gasteiger partial charge in [-0.1, -0.05) is 30.3 Å². The molecule has 166 valence electrons. The van der Waals surface area contributed by atoms with Gasteiger partial charge in [0.05, 0.1) is 10.5 Å². The van der Waals surface area contributed by atoms with Crippen molar-refractivity contribution in [3.8, 4) is 0 Å². The first-order valence-corrected chi connectivity index (χ1v) is 11.4. The number of fused-ring (bicyclic) bond motifs is 1. The van der Waals surface area contributed by atoms with Crippen molar-refractivity contribution in [3.63, 3.8) is 0 Å². The third kappa shape index (κ3) is 4.59. The van der Waals surface area contributed by atoms with E-state index < -0.39 is 21.8 Å². The van der Waals surface area contributed by atoms with Crippen LogP contribution in [0.5, 0.6) is 0 Å². The molecule has 1 aliphatic rings. The number of nitrogens with zero attached hydrogens (tertiary/aromatic N) is 3. The van der Waals surface area contributed by atoms with Crippen LogP contribution in [-0.4, -0.2) is 54.9 Å². The summed E-state index contributed by atoms with van der Waals surface area (Å²) in [6, 6.07) is 12.4. The quantitative estimate of drug-likeness (QED) is 0.371. The van der Waals surface area contributed by atoms with Crippen molar-refractivity contribution in [1.29, 1.82) is 0 Å². The molecule has 1 fully saturated rings. The molecule has 2 heterocycles. The summed E-state index contributed by atoms with van der Waals surface area (Å²) in [6.45, 7) is 0.582. The first-order valence-electron chi connectivity index (χ1n) is 9.90. The monoisotopic (exact) mass is 455 g/mol. The predicted octanol–water partition coefficient (Wildman–Crippen LogP) is 1.12. The maximum Gasteiger partial charge on any atom is 0.277 e. The molecule has 11 heteroatoms. The van der Waals surface area contributed by atoms with Gasteiger partial charge < -0.3 is 4.90 Å². The molecule has 32 heavy (non-hydrogen) atoms. The fraction of sp³-hybridized carbons (Fsp3) is 0.238. The molecule has 2 aromatic carbocycles. The Morgan fingerprint density at radius 2 is 1.84 bits per heavy atom. The minimum atomic E-state index is -3.79. The van der Waals surface area contributed by atoms with Crippen LogP contribution in [0.15, 0.2) is 59.8 Å². The van der Waals surface area contributed by atoms with Crippen molar-refractivity contribution in [3.05, 3.63) is 60.4 Å². The van der Waals surface area contributed by atoms with Crippen LogP contribution in [0.2, 0.25) is 0 Å². The van der Waals surface area contributed by atoms with Gasteiger partial charge in [0, 0.05) is 44.4 Å². The number of nitrogens with one attached hydrogen (secondary N) is 2. The average molecular weight is 455 g/mol. The molecule has 1 aliphatic heterocycles. The number of carbonyl (C=O) groups is 2. The third-order valence-corrected chi connectivity index (χ3v) is 6.78. The summed E-state index contributed by atoms with van der Waals surface area (Å²) in [5, 5.41) is 10.4. The van der Waals surface area contributed by atoms with Gasteiger partial charge in [-0.3, -0.25) is 14.8 Å². The van der Waals surface area contributed by atoms with Crippen molar-refractivity contribution in [1.82, 2.24) is 20.2 Å². The molecule has 3 aromatic rings. The number of piperidine rings is 1. The van der Waals surface area contributed by atoms with E-state index in [1.54, 1.807) is 17.0 Å². The molecule has 0 aliphatic carbocycles. The summed E-state index contributed by atoms with van der Waals surface area (Å²) in [5.74, 6) is -1.03. The van der Waals surface area contributed by atoms with Crippen LogP contribution in [0.3, 0.4) is 0 Å². The second-order valence-electron chi connectivity index (χ2n) is 7.43. The number of aromatic nitrogens is 2. The fourth-order valence-electron chi connectivity index (χ4n) is 3.56. The van der Waals surface area contributed by atoms with Crippen LogP contribution in [0, 0.1) is 5.92 Å². The minimum Gasteiger partial charge on any atom is -0.340 e. The van der Waals surface area contributed by atoms with Crippen molar-refractivity contribution in [2.45, 2.75) is 11.3 Å². The Bertz CT molecular complexity index is 1260. The third-order valence-electron chi connectivity index (χ3n) is 5.36. The topological polar surface area (TPSA) is 142 Å². The number of amides is 1. The standard InChI is InChI=1S/C21H21N5O5S/c27-19-7-8-26(21-22-10-16(11-23-21)20(28)25-29)13-17(19)12-24-32(30,31)18-6-5-14-3-1-2-4-15(14)9-18/h1-6,9-11,17,24,29H,7-8,12-13H2,(H,25,28)/t17-/m1/s1. The van der Waals surface area contributed by atoms with Crippen molar-refractivity contribution >= 4 is 38.4 Å². The first kappa shape index (κ1) is 21.8. The average Bonchev–Trinajstić information content (AvgIpc) is 2.83. The van der Waals surface area contributed by atoms with Crippen LogP contribution < -0.4 is 15.1 Å². The van der Waals surface area contributed by atoms with Gasteiger partial charge in [-0.15, -0.1) is 0 Å². The SMILES string of the molecule is O=C(NO)c1cnc(N2CCC(=O)[C@H](CNS(=O)(=O)c3ccc4ccccc4c3)C2)nc1. The van der Waals surface area contributed by atoms with Crippen LogP contribution in [0.4, 0.5) is 5.95 Å². The molecule has 1 atom stereocenters. The summed E-state index contributed by atoms with van der Waals surface area (Å²) in [5.41, 5.74) is 1.59. The highest BCUT2D eigenvalue weighted by Crippen LogP contribution is 2.21. The second kappa shape index (κ2) is 8.99. The normalized spacial score (nSPS) is 16.8. The summed E-state index contributed by atoms with van der Waals surface area (Å²) >= 11 is 0. The zero-order chi connectivity index (χ0) is 22.7. The van der Waals surface area contributed by atoms with Crippen LogP contribution in [0.25, 0.3) is 10.8 Å². The number of rotatable bonds is 6. The summed E-state index contributed by atoms with van der Waals surface area (Å²) in [4.78, 5) is 33.9. The Kier molecular flexibility index (Phi) is 6.12. The van der Waals surface area contributed by atoms with E-state index in [9.17, 15) is 18.0 Å². The van der Waals surface area contributed by atoms with E-state index in [4.69, 9.17) is 5.21 Å². The number of benzene rings is 2. The van der Waals surface area contributed by atoms with E-state index in [2.05, 4.69) is 14.7 Å². The van der Waals surface area contributed by atoms with Crippen molar-refractivity contribution in [2.75, 3.05) is 24.5 Å². The molecule has 4 rings (SSSR count). The lowest BCUT2D eigenvalue weighted by molar-refractivity contribution is -0.123. The summed E-state index contributed by atoms with van der Waals surface area (Å²) in [6.07, 6.45) is 2.76. The minimum absolute atomic E-state index is 0.0428. The van der Waals surface area contributed by atoms with E-state index in [1.165, 1.54) is 23.9 Å². The fourth-order valence-corrected chi connectivity index (χ4v) is 4.68. The van der Waals surface area contributed by atoms with Gasteiger partial charge in [0.25, 0.3) is 5.91 Å². The Morgan fingerprint density at radius 3 is 2.56 bits per heavy atom. The summed E-state index contributed by atoms with van der Waals surface area (Å²) in [7, 11) is -3.79. The lowest BCUT2D eigenvalue weighted by atomic mass is 9.97. The van der Waals surface area contributed by atoms with Gasteiger partial charge in [0.15, 0.2) is 0 Å². The number of ketones is 1. The Balaban J connectivity index is 1.44. The molecule has 1 amide bonds. The Morgan fingerprint density at radius 1 is 1.12 bits per heavy atom. The van der Waals surface area contributed by atoms with Gasteiger partial charge in [0.1, 0.15) is 5.78 Å². The zero-order valence-corrected chi connectivity index (χ0v) is 17.7. The maximum atomic E-state index is 12.8. The molecule has 0 saturated carbocycles. The first-order chi connectivity index (χ1) is 15.4. The molecule has 0 unspecified atom stereocenters. The lowest BCUT2D eigenvalue weighted by Crippen LogP contribution is -2.46. The predicted molar refractivity (Wildman–Crippen MR) is 116 cm³/mol. The maximum absolute atomic E-state index is 12.8. The Labute approximate surface area is 184 Å². The molecule has 0 bridgehead atoms. The molecular weight excluding hydrogens is 434 g/mol. The number of sulfonamides is 1. The number of hydrogen-bond acceptors (Lipinski definition) is 8. The highest BCUT2D eigenvalue weighted by atomic mass is 32.2. The highest BCUT2D eigenvalue weighted by Gasteiger charge is 2.30. The van der Waals surface area contributed by atoms with Crippen LogP contribution in [-0.2, 0) is 14.8 Å². The molecular formula is C21H21N5O5S. The van der Waals surface area contributed by atoms with Gasteiger partial charge >= 0.3 is 0 Å². The summed E-state index contributed by atoms with van der Waals surface area (Å²) < 4.78 is 28.1. The Hall–Kier alpha value is -3.41. The molecule has 0 spiro atoms. The number of carbonyl (C=O) groups excluding carboxylic acids is 2. The van der Waals surface area contributed by atoms with Gasteiger partial charge in [0.2, 0.25) is 16.0 Å². The van der Waals surface area contributed by atoms with Gasteiger partial charge in [-0.05, 0) is 22.9 Å². The molecule has 1 saturated heterocycles. The molecule has 10 nitrogen and oxygen atoms in total. The number of Topliss-reactive ketones (excluding diaryl/α,β-unsaturated/α-hetero) is 1. The zero-order valence-electron chi connectivity index (χ0n) is 16.9. The van der Waals surface area contributed by atoms with Crippen molar-refractivity contribution in [2.24, 2.45) is 5.92 Å². The van der Waals surface area contributed by atoms with Gasteiger partial charge in [-0.25, -0.2) is 28.6 Å². The highest BCUT2D eigenvalue weighted by molar-refractivity contribution is 7.89. The lowest BCUT2D eigenvalue weighted by Gasteiger charge is -2.31. The number of hydrogen-bond donors (Lipinski definition) is 3. The number of hydroxylamine groups is 1. The number of anilines is 1.